The summed E-state index contributed by atoms with van der Waals surface area (Å²) in [6, 6.07) is 1.51. The Morgan fingerprint density at radius 2 is 2.09 bits per heavy atom. The zero-order chi connectivity index (χ0) is 16.7. The maximum atomic E-state index is 13.6. The molecule has 1 aliphatic rings. The van der Waals surface area contributed by atoms with E-state index >= 15 is 0 Å². The molecule has 0 bridgehead atoms. The molecular weight excluding hydrogens is 353 g/mol. The lowest BCUT2D eigenvalue weighted by molar-refractivity contribution is 0.0691. The molecule has 0 aliphatic carbocycles. The molecule has 0 aromatic heterocycles. The normalized spacial score (nSPS) is 19.1. The second-order valence-corrected chi connectivity index (χ2v) is 8.85. The first-order valence-corrected chi connectivity index (χ1v) is 9.37. The second-order valence-electron chi connectivity index (χ2n) is 5.51. The van der Waals surface area contributed by atoms with Gasteiger partial charge in [0.05, 0.1) is 10.6 Å². The monoisotopic (exact) mass is 367 g/mol. The summed E-state index contributed by atoms with van der Waals surface area (Å²) >= 11 is 7.50. The lowest BCUT2D eigenvalue weighted by Crippen LogP contribution is -2.53. The van der Waals surface area contributed by atoms with Crippen LogP contribution in [0.15, 0.2) is 17.0 Å². The van der Waals surface area contributed by atoms with Gasteiger partial charge in [-0.3, -0.25) is 0 Å². The third kappa shape index (κ3) is 3.10. The summed E-state index contributed by atoms with van der Waals surface area (Å²) < 4.78 is 40.5. The average Bonchev–Trinajstić information content (AvgIpc) is 2.36. The van der Waals surface area contributed by atoms with Crippen molar-refractivity contribution >= 4 is 39.4 Å². The number of thioether (sulfide) groups is 1. The van der Waals surface area contributed by atoms with Crippen molar-refractivity contribution in [2.75, 3.05) is 18.1 Å². The van der Waals surface area contributed by atoms with E-state index in [-0.39, 0.29) is 16.5 Å². The van der Waals surface area contributed by atoms with Crippen LogP contribution in [0.1, 0.15) is 24.2 Å². The van der Waals surface area contributed by atoms with Crippen LogP contribution in [0.5, 0.6) is 0 Å². The highest BCUT2D eigenvalue weighted by Gasteiger charge is 2.40. The third-order valence-corrected chi connectivity index (χ3v) is 7.35. The standard InChI is InChI=1S/C13H15ClFNO4S2/c1-13(2)7-21-4-3-16(13)22(19,20)11-5-8(12(17)18)10(15)6-9(11)14/h5-6H,3-4,7H2,1-2H3,(H,17,18). The summed E-state index contributed by atoms with van der Waals surface area (Å²) in [6.07, 6.45) is 0. The van der Waals surface area contributed by atoms with Crippen LogP contribution in [0, 0.1) is 5.82 Å². The molecule has 0 spiro atoms. The first-order chi connectivity index (χ1) is 10.1. The number of hydrogen-bond acceptors (Lipinski definition) is 4. The minimum Gasteiger partial charge on any atom is -0.478 e. The van der Waals surface area contributed by atoms with Gasteiger partial charge in [0.1, 0.15) is 10.7 Å². The summed E-state index contributed by atoms with van der Waals surface area (Å²) in [7, 11) is -4.02. The number of hydrogen-bond donors (Lipinski definition) is 1. The Morgan fingerprint density at radius 1 is 1.45 bits per heavy atom. The van der Waals surface area contributed by atoms with Gasteiger partial charge in [-0.05, 0) is 26.0 Å². The predicted octanol–water partition coefficient (Wildman–Crippen LogP) is 2.69. The van der Waals surface area contributed by atoms with E-state index in [9.17, 15) is 17.6 Å². The van der Waals surface area contributed by atoms with Gasteiger partial charge >= 0.3 is 5.97 Å². The first-order valence-electron chi connectivity index (χ1n) is 6.40. The molecule has 9 heteroatoms. The molecule has 1 aliphatic heterocycles. The van der Waals surface area contributed by atoms with Crippen LogP contribution in [-0.4, -0.2) is 47.4 Å². The molecular formula is C13H15ClFNO4S2. The molecule has 0 saturated carbocycles. The number of rotatable bonds is 3. The Hall–Kier alpha value is -0.830. The van der Waals surface area contributed by atoms with Crippen molar-refractivity contribution in [3.8, 4) is 0 Å². The molecule has 0 radical (unpaired) electrons. The minimum absolute atomic E-state index is 0.288. The van der Waals surface area contributed by atoms with Crippen molar-refractivity contribution in [3.63, 3.8) is 0 Å². The summed E-state index contributed by atoms with van der Waals surface area (Å²) in [6.45, 7) is 3.86. The van der Waals surface area contributed by atoms with Crippen LogP contribution in [0.25, 0.3) is 0 Å². The van der Waals surface area contributed by atoms with Crippen molar-refractivity contribution in [2.45, 2.75) is 24.3 Å². The molecule has 5 nitrogen and oxygen atoms in total. The average molecular weight is 368 g/mol. The highest BCUT2D eigenvalue weighted by Crippen LogP contribution is 2.35. The molecule has 122 valence electrons. The Labute approximate surface area is 137 Å². The van der Waals surface area contributed by atoms with Crippen LogP contribution in [-0.2, 0) is 10.0 Å². The Kier molecular flexibility index (Phi) is 4.77. The zero-order valence-electron chi connectivity index (χ0n) is 12.0. The lowest BCUT2D eigenvalue weighted by atomic mass is 10.1. The van der Waals surface area contributed by atoms with E-state index in [1.54, 1.807) is 25.6 Å². The molecule has 1 aromatic rings. The molecule has 0 unspecified atom stereocenters. The summed E-state index contributed by atoms with van der Waals surface area (Å²) in [5.41, 5.74) is -1.35. The first kappa shape index (κ1) is 17.5. The highest BCUT2D eigenvalue weighted by atomic mass is 35.5. The van der Waals surface area contributed by atoms with Gasteiger partial charge in [-0.25, -0.2) is 17.6 Å². The maximum absolute atomic E-state index is 13.6. The van der Waals surface area contributed by atoms with E-state index in [0.29, 0.717) is 11.5 Å². The van der Waals surface area contributed by atoms with Crippen molar-refractivity contribution in [3.05, 3.63) is 28.5 Å². The molecule has 0 atom stereocenters. The van der Waals surface area contributed by atoms with Crippen molar-refractivity contribution < 1.29 is 22.7 Å². The van der Waals surface area contributed by atoms with E-state index < -0.39 is 32.9 Å². The van der Waals surface area contributed by atoms with Crippen LogP contribution in [0.4, 0.5) is 4.39 Å². The molecule has 1 heterocycles. The van der Waals surface area contributed by atoms with Crippen LogP contribution in [0.2, 0.25) is 5.02 Å². The lowest BCUT2D eigenvalue weighted by Gasteiger charge is -2.40. The number of carbonyl (C=O) groups is 1. The van der Waals surface area contributed by atoms with Crippen LogP contribution >= 0.6 is 23.4 Å². The fraction of sp³-hybridized carbons (Fsp3) is 0.462. The summed E-state index contributed by atoms with van der Waals surface area (Å²) in [5, 5.41) is 8.64. The predicted molar refractivity (Wildman–Crippen MR) is 83.7 cm³/mol. The number of sulfonamides is 1. The van der Waals surface area contributed by atoms with Gasteiger partial charge in [0.15, 0.2) is 0 Å². The number of aromatic carboxylic acids is 1. The van der Waals surface area contributed by atoms with E-state index in [2.05, 4.69) is 0 Å². The zero-order valence-corrected chi connectivity index (χ0v) is 14.4. The topological polar surface area (TPSA) is 74.7 Å². The van der Waals surface area contributed by atoms with Gasteiger partial charge in [0.2, 0.25) is 10.0 Å². The van der Waals surface area contributed by atoms with Gasteiger partial charge in [0, 0.05) is 23.6 Å². The number of carboxylic acid groups (broad SMARTS) is 1. The molecule has 1 N–H and O–H groups in total. The number of halogens is 2. The Bertz CT molecular complexity index is 721. The largest absolute Gasteiger partial charge is 0.478 e. The number of nitrogens with zero attached hydrogens (tertiary/aromatic N) is 1. The molecule has 1 saturated heterocycles. The van der Waals surface area contributed by atoms with Crippen molar-refractivity contribution in [2.24, 2.45) is 0 Å². The second kappa shape index (κ2) is 5.99. The highest BCUT2D eigenvalue weighted by molar-refractivity contribution is 7.99. The molecule has 22 heavy (non-hydrogen) atoms. The van der Waals surface area contributed by atoms with Gasteiger partial charge in [0.25, 0.3) is 0 Å². The van der Waals surface area contributed by atoms with Crippen LogP contribution in [0.3, 0.4) is 0 Å². The van der Waals surface area contributed by atoms with Crippen molar-refractivity contribution in [1.29, 1.82) is 0 Å². The third-order valence-electron chi connectivity index (χ3n) is 3.39. The van der Waals surface area contributed by atoms with E-state index in [1.807, 2.05) is 0 Å². The SMILES string of the molecule is CC1(C)CSCCN1S(=O)(=O)c1cc(C(=O)O)c(F)cc1Cl. The van der Waals surface area contributed by atoms with Gasteiger partial charge in [-0.2, -0.15) is 16.1 Å². The molecule has 2 rings (SSSR count). The van der Waals surface area contributed by atoms with E-state index in [1.165, 1.54) is 4.31 Å². The number of carboxylic acids is 1. The maximum Gasteiger partial charge on any atom is 0.338 e. The Balaban J connectivity index is 2.59. The minimum atomic E-state index is -4.02. The smallest absolute Gasteiger partial charge is 0.338 e. The van der Waals surface area contributed by atoms with Crippen molar-refractivity contribution in [1.82, 2.24) is 4.31 Å². The van der Waals surface area contributed by atoms with E-state index in [0.717, 1.165) is 12.1 Å². The van der Waals surface area contributed by atoms with E-state index in [4.69, 9.17) is 16.7 Å². The van der Waals surface area contributed by atoms with Gasteiger partial charge in [-0.1, -0.05) is 11.6 Å². The Morgan fingerprint density at radius 3 is 2.64 bits per heavy atom. The fourth-order valence-corrected chi connectivity index (χ4v) is 5.91. The molecule has 1 aromatic carbocycles. The van der Waals surface area contributed by atoms with Crippen LogP contribution < -0.4 is 0 Å². The molecule has 1 fully saturated rings. The molecule has 0 amide bonds. The summed E-state index contributed by atoms with van der Waals surface area (Å²) in [5.74, 6) is -1.37. The summed E-state index contributed by atoms with van der Waals surface area (Å²) in [4.78, 5) is 10.6. The van der Waals surface area contributed by atoms with Gasteiger partial charge in [-0.15, -0.1) is 0 Å². The quantitative estimate of drug-likeness (QED) is 0.889. The fourth-order valence-electron chi connectivity index (χ4n) is 2.30. The van der Waals surface area contributed by atoms with Gasteiger partial charge < -0.3 is 5.11 Å². The number of benzene rings is 1.